The van der Waals surface area contributed by atoms with E-state index >= 15 is 0 Å². The van der Waals surface area contributed by atoms with Crippen molar-refractivity contribution < 1.29 is 13.2 Å². The second kappa shape index (κ2) is 8.97. The van der Waals surface area contributed by atoms with E-state index in [2.05, 4.69) is 5.32 Å². The molecule has 0 heterocycles. The van der Waals surface area contributed by atoms with Crippen LogP contribution in [0, 0.1) is 13.8 Å². The van der Waals surface area contributed by atoms with E-state index in [1.165, 1.54) is 4.31 Å². The summed E-state index contributed by atoms with van der Waals surface area (Å²) in [4.78, 5) is 13.0. The van der Waals surface area contributed by atoms with E-state index in [0.717, 1.165) is 22.9 Å². The minimum absolute atomic E-state index is 0.246. The summed E-state index contributed by atoms with van der Waals surface area (Å²) in [6.07, 6.45) is 1.43. The molecule has 0 aromatic heterocycles. The summed E-state index contributed by atoms with van der Waals surface area (Å²) in [6.45, 7) is 7.46. The summed E-state index contributed by atoms with van der Waals surface area (Å²) in [7, 11) is -3.71. The van der Waals surface area contributed by atoms with Crippen molar-refractivity contribution in [2.75, 3.05) is 10.6 Å². The summed E-state index contributed by atoms with van der Waals surface area (Å²) in [5.41, 5.74) is 3.24. The van der Waals surface area contributed by atoms with Crippen molar-refractivity contribution in [1.82, 2.24) is 5.32 Å². The minimum atomic E-state index is -3.71. The molecule has 2 aromatic carbocycles. The summed E-state index contributed by atoms with van der Waals surface area (Å²) in [5.74, 6) is -0.347. The molecule has 2 aromatic rings. The number of rotatable bonds is 7. The fourth-order valence-electron chi connectivity index (χ4n) is 3.10. The first-order valence-corrected chi connectivity index (χ1v) is 11.4. The molecule has 7 heteroatoms. The van der Waals surface area contributed by atoms with Gasteiger partial charge in [0.15, 0.2) is 0 Å². The molecule has 28 heavy (non-hydrogen) atoms. The average molecular weight is 423 g/mol. The van der Waals surface area contributed by atoms with Crippen LogP contribution in [0.1, 0.15) is 43.0 Å². The molecular weight excluding hydrogens is 396 g/mol. The number of halogens is 1. The van der Waals surface area contributed by atoms with Crippen LogP contribution in [0.3, 0.4) is 0 Å². The van der Waals surface area contributed by atoms with Crippen LogP contribution in [0.2, 0.25) is 5.02 Å². The largest absolute Gasteiger partial charge is 0.348 e. The molecule has 0 aliphatic carbocycles. The Morgan fingerprint density at radius 1 is 1.14 bits per heavy atom. The summed E-state index contributed by atoms with van der Waals surface area (Å²) in [5, 5.41) is 3.36. The zero-order valence-electron chi connectivity index (χ0n) is 16.9. The van der Waals surface area contributed by atoms with Crippen molar-refractivity contribution >= 4 is 33.2 Å². The molecule has 2 rings (SSSR count). The lowest BCUT2D eigenvalue weighted by atomic mass is 10.1. The molecule has 0 saturated heterocycles. The molecule has 2 atom stereocenters. The van der Waals surface area contributed by atoms with Gasteiger partial charge in [0, 0.05) is 5.02 Å². The van der Waals surface area contributed by atoms with E-state index in [0.29, 0.717) is 17.1 Å². The van der Waals surface area contributed by atoms with Gasteiger partial charge in [0.1, 0.15) is 6.04 Å². The smallest absolute Gasteiger partial charge is 0.244 e. The Kier molecular flexibility index (Phi) is 7.12. The SMILES string of the molecule is CC[C@H](C(=O)N[C@H](C)c1ccc(C)cc1)N(c1cc(Cl)ccc1C)S(C)(=O)=O. The van der Waals surface area contributed by atoms with Gasteiger partial charge in [-0.2, -0.15) is 0 Å². The lowest BCUT2D eigenvalue weighted by Gasteiger charge is -2.32. The quantitative estimate of drug-likeness (QED) is 0.720. The topological polar surface area (TPSA) is 66.5 Å². The fraction of sp³-hybridized carbons (Fsp3) is 0.381. The fourth-order valence-corrected chi connectivity index (χ4v) is 4.53. The van der Waals surface area contributed by atoms with Crippen LogP contribution >= 0.6 is 11.6 Å². The number of carbonyl (C=O) groups excluding carboxylic acids is 1. The van der Waals surface area contributed by atoms with Gasteiger partial charge < -0.3 is 5.32 Å². The Hall–Kier alpha value is -2.05. The molecule has 0 spiro atoms. The molecule has 0 aliphatic heterocycles. The van der Waals surface area contributed by atoms with Crippen LogP contribution in [0.4, 0.5) is 5.69 Å². The van der Waals surface area contributed by atoms with Gasteiger partial charge in [0.25, 0.3) is 0 Å². The van der Waals surface area contributed by atoms with Gasteiger partial charge in [-0.05, 0) is 50.5 Å². The Labute approximate surface area is 172 Å². The van der Waals surface area contributed by atoms with Crippen LogP contribution in [0.25, 0.3) is 0 Å². The van der Waals surface area contributed by atoms with Crippen LogP contribution in [0.5, 0.6) is 0 Å². The number of anilines is 1. The molecular formula is C21H27ClN2O3S. The molecule has 5 nitrogen and oxygen atoms in total. The van der Waals surface area contributed by atoms with Gasteiger partial charge in [-0.1, -0.05) is 54.4 Å². The number of hydrogen-bond acceptors (Lipinski definition) is 3. The zero-order valence-corrected chi connectivity index (χ0v) is 18.4. The van der Waals surface area contributed by atoms with E-state index in [1.807, 2.05) is 38.1 Å². The maximum Gasteiger partial charge on any atom is 0.244 e. The third-order valence-electron chi connectivity index (χ3n) is 4.67. The second-order valence-electron chi connectivity index (χ2n) is 7.05. The maximum atomic E-state index is 13.0. The van der Waals surface area contributed by atoms with Gasteiger partial charge >= 0.3 is 0 Å². The van der Waals surface area contributed by atoms with Crippen molar-refractivity contribution in [3.05, 3.63) is 64.2 Å². The van der Waals surface area contributed by atoms with E-state index < -0.39 is 16.1 Å². The third-order valence-corrected chi connectivity index (χ3v) is 6.08. The first kappa shape index (κ1) is 22.2. The number of nitrogens with zero attached hydrogens (tertiary/aromatic N) is 1. The Balaban J connectivity index is 2.36. The van der Waals surface area contributed by atoms with Gasteiger partial charge in [-0.3, -0.25) is 9.10 Å². The molecule has 0 fully saturated rings. The molecule has 0 unspecified atom stereocenters. The number of nitrogens with one attached hydrogen (secondary N) is 1. The standard InChI is InChI=1S/C21H27ClN2O3S/c1-6-19(21(25)23-16(4)17-10-7-14(2)8-11-17)24(28(5,26)27)20-13-18(22)12-9-15(20)3/h7-13,16,19H,6H2,1-5H3,(H,23,25)/t16-,19-/m1/s1. The summed E-state index contributed by atoms with van der Waals surface area (Å²) >= 11 is 6.09. The van der Waals surface area contributed by atoms with Crippen molar-refractivity contribution in [2.45, 2.75) is 46.2 Å². The highest BCUT2D eigenvalue weighted by atomic mass is 35.5. The van der Waals surface area contributed by atoms with Gasteiger partial charge in [0.2, 0.25) is 15.9 Å². The maximum absolute atomic E-state index is 13.0. The van der Waals surface area contributed by atoms with Crippen LogP contribution < -0.4 is 9.62 Å². The van der Waals surface area contributed by atoms with Crippen LogP contribution in [0.15, 0.2) is 42.5 Å². The van der Waals surface area contributed by atoms with Crippen LogP contribution in [-0.4, -0.2) is 26.6 Å². The normalized spacial score (nSPS) is 13.6. The number of carbonyl (C=O) groups is 1. The van der Waals surface area contributed by atoms with Crippen LogP contribution in [-0.2, 0) is 14.8 Å². The first-order valence-electron chi connectivity index (χ1n) is 9.17. The second-order valence-corrected chi connectivity index (χ2v) is 9.35. The van der Waals surface area contributed by atoms with Gasteiger partial charge in [-0.15, -0.1) is 0 Å². The predicted molar refractivity (Wildman–Crippen MR) is 115 cm³/mol. The molecule has 1 amide bonds. The highest BCUT2D eigenvalue weighted by Crippen LogP contribution is 2.29. The highest BCUT2D eigenvalue weighted by Gasteiger charge is 2.33. The van der Waals surface area contributed by atoms with E-state index in [1.54, 1.807) is 32.0 Å². The van der Waals surface area contributed by atoms with E-state index in [4.69, 9.17) is 11.6 Å². The molecule has 0 radical (unpaired) electrons. The average Bonchev–Trinajstić information content (AvgIpc) is 2.61. The molecule has 152 valence electrons. The molecule has 0 bridgehead atoms. The number of hydrogen-bond donors (Lipinski definition) is 1. The zero-order chi connectivity index (χ0) is 21.1. The molecule has 0 saturated carbocycles. The number of aryl methyl sites for hydroxylation is 2. The lowest BCUT2D eigenvalue weighted by molar-refractivity contribution is -0.122. The number of amides is 1. The van der Waals surface area contributed by atoms with Crippen molar-refractivity contribution in [2.24, 2.45) is 0 Å². The summed E-state index contributed by atoms with van der Waals surface area (Å²) in [6, 6.07) is 11.8. The lowest BCUT2D eigenvalue weighted by Crippen LogP contribution is -2.50. The first-order chi connectivity index (χ1) is 13.0. The van der Waals surface area contributed by atoms with Gasteiger partial charge in [0.05, 0.1) is 18.0 Å². The van der Waals surface area contributed by atoms with E-state index in [-0.39, 0.29) is 11.9 Å². The van der Waals surface area contributed by atoms with Crippen molar-refractivity contribution in [3.8, 4) is 0 Å². The minimum Gasteiger partial charge on any atom is -0.348 e. The molecule has 0 aliphatic rings. The highest BCUT2D eigenvalue weighted by molar-refractivity contribution is 7.92. The van der Waals surface area contributed by atoms with Crippen molar-refractivity contribution in [1.29, 1.82) is 0 Å². The molecule has 1 N–H and O–H groups in total. The number of sulfonamides is 1. The van der Waals surface area contributed by atoms with Gasteiger partial charge in [-0.25, -0.2) is 8.42 Å². The third kappa shape index (κ3) is 5.26. The monoisotopic (exact) mass is 422 g/mol. The summed E-state index contributed by atoms with van der Waals surface area (Å²) < 4.78 is 26.4. The Morgan fingerprint density at radius 2 is 1.75 bits per heavy atom. The predicted octanol–water partition coefficient (Wildman–Crippen LogP) is 4.38. The number of benzene rings is 2. The Morgan fingerprint density at radius 3 is 2.29 bits per heavy atom. The van der Waals surface area contributed by atoms with Crippen molar-refractivity contribution in [3.63, 3.8) is 0 Å². The Bertz CT molecular complexity index is 943. The van der Waals surface area contributed by atoms with E-state index in [9.17, 15) is 13.2 Å².